The number of hydrogen-bond donors (Lipinski definition) is 2. The number of ketones is 1. The van der Waals surface area contributed by atoms with Gasteiger partial charge in [0.2, 0.25) is 17.4 Å². The highest BCUT2D eigenvalue weighted by Crippen LogP contribution is 2.38. The fourth-order valence-electron chi connectivity index (χ4n) is 4.06. The Hall–Kier alpha value is -3.33. The molecule has 0 spiro atoms. The summed E-state index contributed by atoms with van der Waals surface area (Å²) >= 11 is 6.57. The van der Waals surface area contributed by atoms with Crippen molar-refractivity contribution in [1.82, 2.24) is 10.1 Å². The largest absolute Gasteiger partial charge is 0.494 e. The highest BCUT2D eigenvalue weighted by atomic mass is 35.5. The normalized spacial score (nSPS) is 16.1. The number of rotatable bonds is 5. The zero-order chi connectivity index (χ0) is 24.0. The fourth-order valence-corrected chi connectivity index (χ4v) is 4.33. The number of fused-ring (bicyclic) bond motifs is 1. The van der Waals surface area contributed by atoms with Crippen LogP contribution in [-0.4, -0.2) is 47.1 Å². The lowest BCUT2D eigenvalue weighted by atomic mass is 9.95. The van der Waals surface area contributed by atoms with Gasteiger partial charge in [-0.25, -0.2) is 0 Å². The van der Waals surface area contributed by atoms with E-state index < -0.39 is 11.6 Å². The van der Waals surface area contributed by atoms with Crippen molar-refractivity contribution < 1.29 is 28.6 Å². The van der Waals surface area contributed by atoms with Crippen LogP contribution in [0.2, 0.25) is 5.02 Å². The molecule has 2 N–H and O–H groups in total. The molecule has 2 aromatic carbocycles. The highest BCUT2D eigenvalue weighted by molar-refractivity contribution is 6.34. The molecule has 0 bridgehead atoms. The van der Waals surface area contributed by atoms with Crippen molar-refractivity contribution in [1.29, 1.82) is 0 Å². The fraction of sp³-hybridized carbons (Fsp3) is 0.280. The first-order chi connectivity index (χ1) is 16.3. The van der Waals surface area contributed by atoms with Crippen molar-refractivity contribution in [2.45, 2.75) is 25.6 Å². The van der Waals surface area contributed by atoms with E-state index in [0.717, 1.165) is 16.7 Å². The molecule has 0 atom stereocenters. The summed E-state index contributed by atoms with van der Waals surface area (Å²) in [5.41, 5.74) is 3.29. The summed E-state index contributed by atoms with van der Waals surface area (Å²) in [5.74, 6) is -1.10. The van der Waals surface area contributed by atoms with Crippen molar-refractivity contribution in [3.63, 3.8) is 0 Å². The lowest BCUT2D eigenvalue weighted by Gasteiger charge is -2.35. The first kappa shape index (κ1) is 22.5. The molecular formula is C25H23ClN2O6. The molecule has 4 aromatic rings. The van der Waals surface area contributed by atoms with Crippen LogP contribution in [-0.2, 0) is 9.47 Å². The summed E-state index contributed by atoms with van der Waals surface area (Å²) in [5, 5.41) is 15.1. The molecule has 8 nitrogen and oxygen atoms in total. The molecule has 1 saturated heterocycles. The first-order valence-electron chi connectivity index (χ1n) is 10.7. The number of carbonyl (C=O) groups excluding carboxylic acids is 1. The zero-order valence-corrected chi connectivity index (χ0v) is 19.6. The van der Waals surface area contributed by atoms with E-state index in [-0.39, 0.29) is 29.0 Å². The predicted molar refractivity (Wildman–Crippen MR) is 126 cm³/mol. The van der Waals surface area contributed by atoms with Crippen LogP contribution in [0.3, 0.4) is 0 Å². The number of methoxy groups -OCH3 is 1. The molecule has 1 fully saturated rings. The van der Waals surface area contributed by atoms with E-state index in [4.69, 9.17) is 30.3 Å². The average molecular weight is 483 g/mol. The minimum atomic E-state index is -0.562. The van der Waals surface area contributed by atoms with Gasteiger partial charge in [-0.3, -0.25) is 4.79 Å². The number of hydrogen-bond acceptors (Lipinski definition) is 7. The third-order valence-corrected chi connectivity index (χ3v) is 6.28. The molecule has 9 heteroatoms. The van der Waals surface area contributed by atoms with Crippen LogP contribution in [0.25, 0.3) is 22.0 Å². The van der Waals surface area contributed by atoms with Crippen molar-refractivity contribution in [3.05, 3.63) is 64.4 Å². The summed E-state index contributed by atoms with van der Waals surface area (Å²) in [6.45, 7) is 4.97. The molecule has 5 rings (SSSR count). The Balaban J connectivity index is 1.49. The number of benzene rings is 2. The minimum Gasteiger partial charge on any atom is -0.494 e. The maximum atomic E-state index is 13.0. The first-order valence-corrected chi connectivity index (χ1v) is 11.1. The van der Waals surface area contributed by atoms with Gasteiger partial charge in [-0.15, -0.1) is 0 Å². The highest BCUT2D eigenvalue weighted by Gasteiger charge is 2.29. The molecule has 3 heterocycles. The van der Waals surface area contributed by atoms with Gasteiger partial charge in [-0.2, -0.15) is 0 Å². The van der Waals surface area contributed by atoms with E-state index in [1.165, 1.54) is 13.2 Å². The summed E-state index contributed by atoms with van der Waals surface area (Å²) in [7, 11) is 1.42. The Morgan fingerprint density at radius 3 is 2.53 bits per heavy atom. The lowest BCUT2D eigenvalue weighted by Crippen LogP contribution is -2.38. The van der Waals surface area contributed by atoms with Crippen LogP contribution in [0, 0.1) is 0 Å². The second kappa shape index (κ2) is 8.47. The summed E-state index contributed by atoms with van der Waals surface area (Å²) in [4.78, 5) is 15.8. The maximum absolute atomic E-state index is 13.0. The Morgan fingerprint density at radius 2 is 1.88 bits per heavy atom. The molecule has 0 saturated carbocycles. The SMILES string of the molecule is COc1cc(C(=O)c2c(O)[nH]c3cc(Cl)c(-c4ccc(C5COC(C)(C)OC5)cc4)cc23)on1. The molecule has 0 aliphatic carbocycles. The minimum absolute atomic E-state index is 0.0472. The number of nitrogens with one attached hydrogen (secondary N) is 1. The second-order valence-corrected chi connectivity index (χ2v) is 9.04. The van der Waals surface area contributed by atoms with Gasteiger partial charge in [0.1, 0.15) is 0 Å². The van der Waals surface area contributed by atoms with E-state index in [2.05, 4.69) is 10.1 Å². The van der Waals surface area contributed by atoms with E-state index in [1.807, 2.05) is 38.1 Å². The molecule has 1 aliphatic heterocycles. The monoisotopic (exact) mass is 482 g/mol. The van der Waals surface area contributed by atoms with Crippen molar-refractivity contribution >= 4 is 28.3 Å². The second-order valence-electron chi connectivity index (χ2n) is 8.63. The van der Waals surface area contributed by atoms with Crippen LogP contribution < -0.4 is 4.74 Å². The third kappa shape index (κ3) is 4.04. The quantitative estimate of drug-likeness (QED) is 0.372. The van der Waals surface area contributed by atoms with Gasteiger partial charge in [0.15, 0.2) is 5.79 Å². The Labute approximate surface area is 200 Å². The number of aromatic nitrogens is 2. The topological polar surface area (TPSA) is 107 Å². The molecule has 176 valence electrons. The Bertz CT molecular complexity index is 1360. The summed E-state index contributed by atoms with van der Waals surface area (Å²) in [6, 6.07) is 12.8. The van der Waals surface area contributed by atoms with Crippen LogP contribution in [0.1, 0.15) is 41.4 Å². The molecule has 0 unspecified atom stereocenters. The van der Waals surface area contributed by atoms with Gasteiger partial charge in [-0.05, 0) is 42.3 Å². The van der Waals surface area contributed by atoms with Gasteiger partial charge in [0, 0.05) is 16.9 Å². The van der Waals surface area contributed by atoms with E-state index in [9.17, 15) is 9.90 Å². The van der Waals surface area contributed by atoms with Crippen LogP contribution >= 0.6 is 11.6 Å². The van der Waals surface area contributed by atoms with Gasteiger partial charge >= 0.3 is 0 Å². The number of aromatic hydroxyl groups is 1. The number of nitrogens with zero attached hydrogens (tertiary/aromatic N) is 1. The predicted octanol–water partition coefficient (Wildman–Crippen LogP) is 5.29. The molecule has 2 aromatic heterocycles. The summed E-state index contributed by atoms with van der Waals surface area (Å²) < 4.78 is 21.6. The number of aromatic amines is 1. The van der Waals surface area contributed by atoms with E-state index in [1.54, 1.807) is 12.1 Å². The van der Waals surface area contributed by atoms with Gasteiger partial charge in [-0.1, -0.05) is 35.9 Å². The Kier molecular flexibility index (Phi) is 5.59. The van der Waals surface area contributed by atoms with Gasteiger partial charge < -0.3 is 28.8 Å². The Morgan fingerprint density at radius 1 is 1.18 bits per heavy atom. The van der Waals surface area contributed by atoms with E-state index >= 15 is 0 Å². The van der Waals surface area contributed by atoms with Crippen LogP contribution in [0.5, 0.6) is 11.8 Å². The molecule has 34 heavy (non-hydrogen) atoms. The molecule has 0 radical (unpaired) electrons. The standard InChI is InChI=1S/C25H23ClN2O6/c1-25(2)32-11-15(12-33-25)13-4-6-14(7-5-13)16-8-17-19(9-18(16)26)27-24(30)22(17)23(29)20-10-21(31-3)28-34-20/h4-10,15,27,30H,11-12H2,1-3H3. The van der Waals surface area contributed by atoms with Crippen molar-refractivity contribution in [3.8, 4) is 22.9 Å². The number of ether oxygens (including phenoxy) is 3. The van der Waals surface area contributed by atoms with Crippen LogP contribution in [0.15, 0.2) is 47.0 Å². The van der Waals surface area contributed by atoms with Crippen LogP contribution in [0.4, 0.5) is 0 Å². The number of carbonyl (C=O) groups is 1. The number of H-pyrrole nitrogens is 1. The smallest absolute Gasteiger partial charge is 0.254 e. The molecular weight excluding hydrogens is 460 g/mol. The van der Waals surface area contributed by atoms with E-state index in [0.29, 0.717) is 29.1 Å². The molecule has 1 aliphatic rings. The average Bonchev–Trinajstić information content (AvgIpc) is 3.42. The lowest BCUT2D eigenvalue weighted by molar-refractivity contribution is -0.251. The van der Waals surface area contributed by atoms with Crippen molar-refractivity contribution in [2.24, 2.45) is 0 Å². The molecule has 0 amide bonds. The number of halogens is 1. The maximum Gasteiger partial charge on any atom is 0.254 e. The third-order valence-electron chi connectivity index (χ3n) is 5.97. The van der Waals surface area contributed by atoms with Crippen molar-refractivity contribution in [2.75, 3.05) is 20.3 Å². The van der Waals surface area contributed by atoms with Gasteiger partial charge in [0.05, 0.1) is 42.5 Å². The zero-order valence-electron chi connectivity index (χ0n) is 18.8. The summed E-state index contributed by atoms with van der Waals surface area (Å²) in [6.07, 6.45) is 0. The van der Waals surface area contributed by atoms with Gasteiger partial charge in [0.25, 0.3) is 5.88 Å².